The lowest BCUT2D eigenvalue weighted by molar-refractivity contribution is 1.000. The smallest absolute Gasteiger partial charge is 0.189 e. The fourth-order valence-electron chi connectivity index (χ4n) is 2.97. The molecule has 0 fully saturated rings. The second-order valence-corrected chi connectivity index (χ2v) is 8.31. The molecule has 0 unspecified atom stereocenters. The van der Waals surface area contributed by atoms with Gasteiger partial charge in [0.2, 0.25) is 0 Å². The van der Waals surface area contributed by atoms with Crippen LogP contribution in [0.2, 0.25) is 10.0 Å². The van der Waals surface area contributed by atoms with E-state index >= 15 is 0 Å². The highest BCUT2D eigenvalue weighted by Gasteiger charge is 2.14. The number of hydrogen-bond acceptors (Lipinski definition) is 6. The van der Waals surface area contributed by atoms with Gasteiger partial charge in [-0.2, -0.15) is 0 Å². The van der Waals surface area contributed by atoms with Gasteiger partial charge in [-0.05, 0) is 42.7 Å². The number of aromatic nitrogens is 3. The number of nitrogens with zero attached hydrogens (tertiary/aromatic N) is 3. The van der Waals surface area contributed by atoms with Crippen LogP contribution in [0.15, 0.2) is 36.4 Å². The highest BCUT2D eigenvalue weighted by atomic mass is 35.5. The van der Waals surface area contributed by atoms with Crippen molar-refractivity contribution in [3.05, 3.63) is 69.0 Å². The van der Waals surface area contributed by atoms with E-state index in [0.29, 0.717) is 33.6 Å². The molecule has 142 valence electrons. The second kappa shape index (κ2) is 7.54. The molecule has 0 spiro atoms. The lowest BCUT2D eigenvalue weighted by Gasteiger charge is -2.09. The number of nitrogen functional groups attached to an aromatic ring is 1. The SMILES string of the molecule is Cc1cccc(C)c1Nc1nc2c(N)nc(Cc3ccc(Cl)c(Cl)c3)nc2s1. The Morgan fingerprint density at radius 2 is 1.75 bits per heavy atom. The van der Waals surface area contributed by atoms with E-state index in [9.17, 15) is 0 Å². The molecular formula is C20H17Cl2N5S. The molecule has 0 saturated heterocycles. The van der Waals surface area contributed by atoms with E-state index in [-0.39, 0.29) is 0 Å². The first-order valence-corrected chi connectivity index (χ1v) is 10.2. The minimum atomic E-state index is 0.367. The molecule has 3 N–H and O–H groups in total. The molecular weight excluding hydrogens is 413 g/mol. The number of thiazole rings is 1. The van der Waals surface area contributed by atoms with Crippen LogP contribution < -0.4 is 11.1 Å². The summed E-state index contributed by atoms with van der Waals surface area (Å²) in [6, 6.07) is 11.6. The maximum absolute atomic E-state index is 6.15. The lowest BCUT2D eigenvalue weighted by Crippen LogP contribution is -2.01. The average Bonchev–Trinajstić information content (AvgIpc) is 3.05. The van der Waals surface area contributed by atoms with Crippen molar-refractivity contribution < 1.29 is 0 Å². The summed E-state index contributed by atoms with van der Waals surface area (Å²) < 4.78 is 0. The van der Waals surface area contributed by atoms with Gasteiger partial charge >= 0.3 is 0 Å². The Kier molecular flexibility index (Phi) is 5.10. The number of para-hydroxylation sites is 1. The van der Waals surface area contributed by atoms with Gasteiger partial charge in [-0.1, -0.05) is 58.8 Å². The fourth-order valence-corrected chi connectivity index (χ4v) is 4.16. The molecule has 4 aromatic rings. The third-order valence-electron chi connectivity index (χ3n) is 4.39. The summed E-state index contributed by atoms with van der Waals surface area (Å²) in [6.07, 6.45) is 0.509. The van der Waals surface area contributed by atoms with Crippen molar-refractivity contribution in [3.63, 3.8) is 0 Å². The van der Waals surface area contributed by atoms with E-state index in [0.717, 1.165) is 32.3 Å². The third kappa shape index (κ3) is 3.76. The van der Waals surface area contributed by atoms with E-state index in [2.05, 4.69) is 46.2 Å². The molecule has 2 aromatic carbocycles. The first kappa shape index (κ1) is 18.9. The first-order chi connectivity index (χ1) is 13.4. The number of aryl methyl sites for hydroxylation is 2. The van der Waals surface area contributed by atoms with Crippen molar-refractivity contribution in [1.82, 2.24) is 15.0 Å². The zero-order valence-corrected chi connectivity index (χ0v) is 17.6. The molecule has 2 aromatic heterocycles. The van der Waals surface area contributed by atoms with Crippen LogP contribution in [0.3, 0.4) is 0 Å². The lowest BCUT2D eigenvalue weighted by atomic mass is 10.1. The van der Waals surface area contributed by atoms with Crippen molar-refractivity contribution in [2.45, 2.75) is 20.3 Å². The number of anilines is 3. The Bertz CT molecular complexity index is 1170. The third-order valence-corrected chi connectivity index (χ3v) is 6.00. The molecule has 2 heterocycles. The number of rotatable bonds is 4. The molecule has 0 bridgehead atoms. The highest BCUT2D eigenvalue weighted by Crippen LogP contribution is 2.32. The van der Waals surface area contributed by atoms with Crippen LogP contribution in [-0.2, 0) is 6.42 Å². The fraction of sp³-hybridized carbons (Fsp3) is 0.150. The molecule has 0 aliphatic carbocycles. The number of fused-ring (bicyclic) bond motifs is 1. The van der Waals surface area contributed by atoms with E-state index in [4.69, 9.17) is 28.9 Å². The van der Waals surface area contributed by atoms with Crippen LogP contribution in [0.1, 0.15) is 22.5 Å². The van der Waals surface area contributed by atoms with Crippen molar-refractivity contribution in [1.29, 1.82) is 0 Å². The summed E-state index contributed by atoms with van der Waals surface area (Å²) >= 11 is 13.5. The maximum Gasteiger partial charge on any atom is 0.189 e. The van der Waals surface area contributed by atoms with Crippen LogP contribution >= 0.6 is 34.5 Å². The molecule has 0 aliphatic rings. The van der Waals surface area contributed by atoms with Gasteiger partial charge in [0, 0.05) is 12.1 Å². The maximum atomic E-state index is 6.15. The number of halogens is 2. The predicted octanol–water partition coefficient (Wildman–Crippen LogP) is 5.93. The predicted molar refractivity (Wildman–Crippen MR) is 118 cm³/mol. The Balaban J connectivity index is 1.66. The van der Waals surface area contributed by atoms with Gasteiger partial charge in [-0.3, -0.25) is 0 Å². The van der Waals surface area contributed by atoms with E-state index in [1.807, 2.05) is 18.2 Å². The quantitative estimate of drug-likeness (QED) is 0.420. The van der Waals surface area contributed by atoms with Crippen molar-refractivity contribution in [2.24, 2.45) is 0 Å². The molecule has 5 nitrogen and oxygen atoms in total. The van der Waals surface area contributed by atoms with E-state index in [1.54, 1.807) is 6.07 Å². The average molecular weight is 430 g/mol. The van der Waals surface area contributed by atoms with Gasteiger partial charge in [-0.15, -0.1) is 0 Å². The number of nitrogens with two attached hydrogens (primary N) is 1. The highest BCUT2D eigenvalue weighted by molar-refractivity contribution is 7.21. The molecule has 8 heteroatoms. The summed E-state index contributed by atoms with van der Waals surface area (Å²) in [7, 11) is 0. The minimum absolute atomic E-state index is 0.367. The molecule has 0 atom stereocenters. The van der Waals surface area contributed by atoms with Crippen LogP contribution in [0, 0.1) is 13.8 Å². The standard InChI is InChI=1S/C20H17Cl2N5S/c1-10-4-3-5-11(2)16(10)26-20-27-17-18(23)24-15(25-19(17)28-20)9-12-6-7-13(21)14(22)8-12/h3-8H,9H2,1-2H3,(H,26,27)(H2,23,24,25). The van der Waals surface area contributed by atoms with Gasteiger partial charge < -0.3 is 11.1 Å². The second-order valence-electron chi connectivity index (χ2n) is 6.51. The Labute approximate surface area is 176 Å². The van der Waals surface area contributed by atoms with Crippen LogP contribution in [0.5, 0.6) is 0 Å². The summed E-state index contributed by atoms with van der Waals surface area (Å²) in [5.41, 5.74) is 11.1. The van der Waals surface area contributed by atoms with Crippen molar-refractivity contribution >= 4 is 61.5 Å². The summed E-state index contributed by atoms with van der Waals surface area (Å²) in [6.45, 7) is 4.12. The molecule has 0 aliphatic heterocycles. The Morgan fingerprint density at radius 3 is 2.46 bits per heavy atom. The summed E-state index contributed by atoms with van der Waals surface area (Å²) in [5.74, 6) is 0.983. The van der Waals surface area contributed by atoms with E-state index in [1.165, 1.54) is 11.3 Å². The molecule has 4 rings (SSSR count). The Hall–Kier alpha value is -2.41. The molecule has 0 saturated carbocycles. The van der Waals surface area contributed by atoms with Crippen LogP contribution in [0.25, 0.3) is 10.3 Å². The van der Waals surface area contributed by atoms with Crippen LogP contribution in [-0.4, -0.2) is 15.0 Å². The molecule has 0 radical (unpaired) electrons. The zero-order chi connectivity index (χ0) is 19.8. The minimum Gasteiger partial charge on any atom is -0.382 e. The largest absolute Gasteiger partial charge is 0.382 e. The van der Waals surface area contributed by atoms with Gasteiger partial charge in [0.1, 0.15) is 11.3 Å². The Morgan fingerprint density at radius 1 is 1.00 bits per heavy atom. The zero-order valence-electron chi connectivity index (χ0n) is 15.3. The van der Waals surface area contributed by atoms with Gasteiger partial charge in [0.15, 0.2) is 15.8 Å². The number of benzene rings is 2. The topological polar surface area (TPSA) is 76.7 Å². The normalized spacial score (nSPS) is 11.1. The van der Waals surface area contributed by atoms with Crippen molar-refractivity contribution in [3.8, 4) is 0 Å². The van der Waals surface area contributed by atoms with Gasteiger partial charge in [0.05, 0.1) is 10.0 Å². The summed E-state index contributed by atoms with van der Waals surface area (Å²) in [5, 5.41) is 5.15. The summed E-state index contributed by atoms with van der Waals surface area (Å²) in [4.78, 5) is 14.4. The van der Waals surface area contributed by atoms with E-state index < -0.39 is 0 Å². The molecule has 28 heavy (non-hydrogen) atoms. The number of hydrogen-bond donors (Lipinski definition) is 2. The van der Waals surface area contributed by atoms with Crippen LogP contribution in [0.4, 0.5) is 16.6 Å². The van der Waals surface area contributed by atoms with Crippen molar-refractivity contribution in [2.75, 3.05) is 11.1 Å². The first-order valence-electron chi connectivity index (χ1n) is 8.61. The van der Waals surface area contributed by atoms with Gasteiger partial charge in [-0.25, -0.2) is 15.0 Å². The molecule has 0 amide bonds. The monoisotopic (exact) mass is 429 g/mol. The number of nitrogens with one attached hydrogen (secondary N) is 1. The van der Waals surface area contributed by atoms with Gasteiger partial charge in [0.25, 0.3) is 0 Å².